The maximum Gasteiger partial charge on any atom is 0.224 e. The molecule has 1 amide bonds. The fraction of sp³-hybridized carbons (Fsp3) is 0.353. The molecule has 0 saturated carbocycles. The van der Waals surface area contributed by atoms with Crippen LogP contribution in [0.5, 0.6) is 0 Å². The van der Waals surface area contributed by atoms with Gasteiger partial charge in [-0.05, 0) is 30.2 Å². The van der Waals surface area contributed by atoms with E-state index in [-0.39, 0.29) is 5.91 Å². The summed E-state index contributed by atoms with van der Waals surface area (Å²) in [5.41, 5.74) is 2.64. The summed E-state index contributed by atoms with van der Waals surface area (Å²) in [4.78, 5) is 13.7. The van der Waals surface area contributed by atoms with E-state index >= 15 is 0 Å². The monoisotopic (exact) mass is 313 g/mol. The molecule has 122 valence electrons. The minimum atomic E-state index is 0.0326. The molecule has 2 rings (SSSR count). The van der Waals surface area contributed by atoms with E-state index < -0.39 is 0 Å². The van der Waals surface area contributed by atoms with Gasteiger partial charge in [-0.1, -0.05) is 13.8 Å². The zero-order valence-electron chi connectivity index (χ0n) is 14.0. The third-order valence-electron chi connectivity index (χ3n) is 3.19. The van der Waals surface area contributed by atoms with Crippen LogP contribution in [-0.2, 0) is 4.79 Å². The fourth-order valence-corrected chi connectivity index (χ4v) is 2.03. The maximum absolute atomic E-state index is 11.8. The second kappa shape index (κ2) is 7.58. The van der Waals surface area contributed by atoms with E-state index in [1.54, 1.807) is 6.20 Å². The van der Waals surface area contributed by atoms with Gasteiger partial charge < -0.3 is 15.5 Å². The van der Waals surface area contributed by atoms with Gasteiger partial charge in [0.15, 0.2) is 5.82 Å². The van der Waals surface area contributed by atoms with Crippen molar-refractivity contribution < 1.29 is 4.79 Å². The average molecular weight is 313 g/mol. The van der Waals surface area contributed by atoms with Crippen LogP contribution < -0.4 is 15.5 Å². The Morgan fingerprint density at radius 1 is 1.17 bits per heavy atom. The van der Waals surface area contributed by atoms with E-state index in [1.165, 1.54) is 0 Å². The van der Waals surface area contributed by atoms with Crippen molar-refractivity contribution in [3.8, 4) is 0 Å². The fourth-order valence-electron chi connectivity index (χ4n) is 2.03. The molecule has 0 spiro atoms. The lowest BCUT2D eigenvalue weighted by molar-refractivity contribution is -0.116. The molecular formula is C17H23N5O. The number of hydrogen-bond donors (Lipinski definition) is 2. The summed E-state index contributed by atoms with van der Waals surface area (Å²) in [6.45, 7) is 4.05. The molecule has 0 saturated heterocycles. The summed E-state index contributed by atoms with van der Waals surface area (Å²) in [6, 6.07) is 9.45. The smallest absolute Gasteiger partial charge is 0.224 e. The second-order valence-electron chi connectivity index (χ2n) is 6.04. The number of carbonyl (C=O) groups excluding carboxylic acids is 1. The molecule has 0 fully saturated rings. The second-order valence-corrected chi connectivity index (χ2v) is 6.04. The van der Waals surface area contributed by atoms with Crippen molar-refractivity contribution in [2.45, 2.75) is 20.3 Å². The molecule has 2 aromatic rings. The van der Waals surface area contributed by atoms with Crippen molar-refractivity contribution in [3.05, 3.63) is 36.5 Å². The zero-order valence-corrected chi connectivity index (χ0v) is 14.0. The lowest BCUT2D eigenvalue weighted by Crippen LogP contribution is -2.13. The number of hydrogen-bond acceptors (Lipinski definition) is 5. The normalized spacial score (nSPS) is 10.5. The summed E-state index contributed by atoms with van der Waals surface area (Å²) >= 11 is 0. The molecule has 0 aliphatic rings. The van der Waals surface area contributed by atoms with Gasteiger partial charge in [0, 0.05) is 38.0 Å². The molecule has 0 atom stereocenters. The van der Waals surface area contributed by atoms with E-state index in [0.717, 1.165) is 17.1 Å². The average Bonchev–Trinajstić information content (AvgIpc) is 2.48. The molecule has 0 aliphatic carbocycles. The predicted octanol–water partition coefficient (Wildman–Crippen LogP) is 3.27. The van der Waals surface area contributed by atoms with Crippen LogP contribution >= 0.6 is 0 Å². The largest absolute Gasteiger partial charge is 0.376 e. The Labute approximate surface area is 136 Å². The first kappa shape index (κ1) is 16.7. The van der Waals surface area contributed by atoms with Crippen LogP contribution in [0.25, 0.3) is 0 Å². The number of aromatic nitrogens is 2. The topological polar surface area (TPSA) is 70.2 Å². The Balaban J connectivity index is 2.00. The van der Waals surface area contributed by atoms with E-state index in [9.17, 15) is 4.79 Å². The van der Waals surface area contributed by atoms with E-state index in [2.05, 4.69) is 20.8 Å². The van der Waals surface area contributed by atoms with Crippen LogP contribution in [0.2, 0.25) is 0 Å². The number of nitrogens with zero attached hydrogens (tertiary/aromatic N) is 3. The highest BCUT2D eigenvalue weighted by atomic mass is 16.1. The van der Waals surface area contributed by atoms with Crippen LogP contribution in [0.4, 0.5) is 22.9 Å². The van der Waals surface area contributed by atoms with E-state index in [1.807, 2.05) is 63.2 Å². The summed E-state index contributed by atoms with van der Waals surface area (Å²) in [6.07, 6.45) is 2.23. The Hall–Kier alpha value is -2.63. The van der Waals surface area contributed by atoms with Gasteiger partial charge in [0.05, 0.1) is 11.9 Å². The Bertz CT molecular complexity index is 652. The first-order valence-corrected chi connectivity index (χ1v) is 7.61. The van der Waals surface area contributed by atoms with Crippen molar-refractivity contribution >= 4 is 28.8 Å². The number of amides is 1. The van der Waals surface area contributed by atoms with Gasteiger partial charge in [-0.2, -0.15) is 5.10 Å². The van der Waals surface area contributed by atoms with Crippen LogP contribution in [0.15, 0.2) is 36.5 Å². The van der Waals surface area contributed by atoms with Gasteiger partial charge >= 0.3 is 0 Å². The lowest BCUT2D eigenvalue weighted by Gasteiger charge is -2.13. The number of carbonyl (C=O) groups is 1. The van der Waals surface area contributed by atoms with Gasteiger partial charge in [0.25, 0.3) is 0 Å². The minimum Gasteiger partial charge on any atom is -0.376 e. The number of anilines is 4. The third kappa shape index (κ3) is 5.25. The SMILES string of the molecule is CC(C)CC(=O)Nc1ccc(Nc2cc(N(C)C)cnn2)cc1. The molecule has 6 heteroatoms. The number of nitrogens with one attached hydrogen (secondary N) is 2. The predicted molar refractivity (Wildman–Crippen MR) is 94.2 cm³/mol. The molecule has 23 heavy (non-hydrogen) atoms. The molecule has 1 aromatic carbocycles. The molecule has 1 aromatic heterocycles. The quantitative estimate of drug-likeness (QED) is 0.856. The van der Waals surface area contributed by atoms with E-state index in [0.29, 0.717) is 18.2 Å². The van der Waals surface area contributed by atoms with Crippen molar-refractivity contribution in [3.63, 3.8) is 0 Å². The standard InChI is InChI=1S/C17H23N5O/c1-12(2)9-17(23)20-14-7-5-13(6-8-14)19-16-10-15(22(3)4)11-18-21-16/h5-8,10-12H,9H2,1-4H3,(H,19,21)(H,20,23). The van der Waals surface area contributed by atoms with Crippen LogP contribution in [0.3, 0.4) is 0 Å². The highest BCUT2D eigenvalue weighted by Crippen LogP contribution is 2.20. The first-order valence-electron chi connectivity index (χ1n) is 7.61. The van der Waals surface area contributed by atoms with Crippen LogP contribution in [-0.4, -0.2) is 30.2 Å². The first-order chi connectivity index (χ1) is 10.9. The molecule has 0 radical (unpaired) electrons. The van der Waals surface area contributed by atoms with Crippen molar-refractivity contribution in [1.29, 1.82) is 0 Å². The van der Waals surface area contributed by atoms with Crippen molar-refractivity contribution in [2.75, 3.05) is 29.6 Å². The number of rotatable bonds is 6. The number of benzene rings is 1. The van der Waals surface area contributed by atoms with Gasteiger partial charge in [0.2, 0.25) is 5.91 Å². The Kier molecular flexibility index (Phi) is 5.51. The highest BCUT2D eigenvalue weighted by molar-refractivity contribution is 5.91. The van der Waals surface area contributed by atoms with Crippen molar-refractivity contribution in [2.24, 2.45) is 5.92 Å². The minimum absolute atomic E-state index is 0.0326. The molecule has 2 N–H and O–H groups in total. The van der Waals surface area contributed by atoms with Crippen LogP contribution in [0.1, 0.15) is 20.3 Å². The van der Waals surface area contributed by atoms with Gasteiger partial charge in [-0.25, -0.2) is 0 Å². The third-order valence-corrected chi connectivity index (χ3v) is 3.19. The zero-order chi connectivity index (χ0) is 16.8. The molecule has 1 heterocycles. The Morgan fingerprint density at radius 3 is 2.43 bits per heavy atom. The lowest BCUT2D eigenvalue weighted by atomic mass is 10.1. The molecule has 0 bridgehead atoms. The van der Waals surface area contributed by atoms with Crippen molar-refractivity contribution in [1.82, 2.24) is 10.2 Å². The summed E-state index contributed by atoms with van der Waals surface area (Å²) in [7, 11) is 3.91. The summed E-state index contributed by atoms with van der Waals surface area (Å²) in [5.74, 6) is 1.05. The van der Waals surface area contributed by atoms with Gasteiger partial charge in [0.1, 0.15) is 0 Å². The molecular weight excluding hydrogens is 290 g/mol. The van der Waals surface area contributed by atoms with Gasteiger partial charge in [-0.15, -0.1) is 5.10 Å². The molecule has 6 nitrogen and oxygen atoms in total. The highest BCUT2D eigenvalue weighted by Gasteiger charge is 2.05. The van der Waals surface area contributed by atoms with Crippen LogP contribution in [0, 0.1) is 5.92 Å². The molecule has 0 aliphatic heterocycles. The van der Waals surface area contributed by atoms with E-state index in [4.69, 9.17) is 0 Å². The van der Waals surface area contributed by atoms with Gasteiger partial charge in [-0.3, -0.25) is 4.79 Å². The Morgan fingerprint density at radius 2 is 1.83 bits per heavy atom. The maximum atomic E-state index is 11.8. The summed E-state index contributed by atoms with van der Waals surface area (Å²) < 4.78 is 0. The molecule has 0 unspecified atom stereocenters. The summed E-state index contributed by atoms with van der Waals surface area (Å²) in [5, 5.41) is 14.1.